The molecule has 0 bridgehead atoms. The van der Waals surface area contributed by atoms with Crippen LogP contribution in [0.3, 0.4) is 0 Å². The molecule has 2 heteroatoms. The highest BCUT2D eigenvalue weighted by Gasteiger charge is 2.59. The minimum atomic E-state index is -0.0976. The molecule has 0 heterocycles. The van der Waals surface area contributed by atoms with Gasteiger partial charge < -0.3 is 9.90 Å². The summed E-state index contributed by atoms with van der Waals surface area (Å²) in [4.78, 5) is 11.4. The molecule has 2 unspecified atom stereocenters. The first-order valence-corrected chi connectivity index (χ1v) is 13.5. The van der Waals surface area contributed by atoms with Gasteiger partial charge in [-0.25, -0.2) is 0 Å². The molecule has 3 saturated carbocycles. The van der Waals surface area contributed by atoms with Gasteiger partial charge in [-0.1, -0.05) is 58.6 Å². The summed E-state index contributed by atoms with van der Waals surface area (Å²) in [6.07, 6.45) is 17.1. The van der Waals surface area contributed by atoms with E-state index in [1.165, 1.54) is 57.8 Å². The number of Topliss-reactive ketones (excluding diaryl/α,β-unsaturated/α-hetero) is 1. The van der Waals surface area contributed by atoms with Crippen LogP contribution in [0, 0.1) is 46.3 Å². The highest BCUT2D eigenvalue weighted by atomic mass is 16.3. The van der Waals surface area contributed by atoms with Gasteiger partial charge in [-0.15, -0.1) is 0 Å². The van der Waals surface area contributed by atoms with Crippen LogP contribution in [0.2, 0.25) is 0 Å². The van der Waals surface area contributed by atoms with Crippen molar-refractivity contribution >= 4 is 5.78 Å². The molecular weight excluding hydrogens is 380 g/mol. The molecule has 0 radical (unpaired) electrons. The Kier molecular flexibility index (Phi) is 6.80. The van der Waals surface area contributed by atoms with Crippen LogP contribution in [-0.2, 0) is 4.79 Å². The summed E-state index contributed by atoms with van der Waals surface area (Å²) in [5.74, 6) is 5.20. The molecule has 0 spiro atoms. The lowest BCUT2D eigenvalue weighted by Crippen LogP contribution is -2.50. The molecule has 1 N–H and O–H groups in total. The highest BCUT2D eigenvalue weighted by Crippen LogP contribution is 2.67. The zero-order valence-electron chi connectivity index (χ0n) is 21.0. The van der Waals surface area contributed by atoms with E-state index in [4.69, 9.17) is 0 Å². The van der Waals surface area contributed by atoms with Crippen molar-refractivity contribution in [3.8, 4) is 0 Å². The van der Waals surface area contributed by atoms with E-state index in [2.05, 4.69) is 33.8 Å². The lowest BCUT2D eigenvalue weighted by atomic mass is 9.47. The molecule has 31 heavy (non-hydrogen) atoms. The third kappa shape index (κ3) is 4.32. The van der Waals surface area contributed by atoms with Gasteiger partial charge in [-0.3, -0.25) is 0 Å². The van der Waals surface area contributed by atoms with Crippen molar-refractivity contribution in [3.05, 3.63) is 11.6 Å². The van der Waals surface area contributed by atoms with Crippen molar-refractivity contribution in [3.63, 3.8) is 0 Å². The summed E-state index contributed by atoms with van der Waals surface area (Å²) in [6.45, 7) is 11.7. The van der Waals surface area contributed by atoms with Gasteiger partial charge in [0.05, 0.1) is 6.10 Å². The van der Waals surface area contributed by atoms with Crippen LogP contribution in [0.5, 0.6) is 0 Å². The summed E-state index contributed by atoms with van der Waals surface area (Å²) >= 11 is 0. The van der Waals surface area contributed by atoms with Gasteiger partial charge in [0, 0.05) is 6.42 Å². The van der Waals surface area contributed by atoms with Gasteiger partial charge in [0.2, 0.25) is 0 Å². The molecular formula is C29H48O2. The molecule has 4 aliphatic rings. The number of allylic oxidation sites excluding steroid dienone is 1. The Balaban J connectivity index is 1.41. The monoisotopic (exact) mass is 428 g/mol. The quantitative estimate of drug-likeness (QED) is 0.430. The predicted octanol–water partition coefficient (Wildman–Crippen LogP) is 7.35. The fourth-order valence-electron chi connectivity index (χ4n) is 9.20. The Labute approximate surface area is 191 Å². The van der Waals surface area contributed by atoms with Crippen LogP contribution in [0.4, 0.5) is 0 Å². The Hall–Kier alpha value is -0.630. The number of hydrogen-bond donors (Lipinski definition) is 1. The van der Waals surface area contributed by atoms with Crippen LogP contribution < -0.4 is 0 Å². The summed E-state index contributed by atoms with van der Waals surface area (Å²) in [5.41, 5.74) is 2.49. The van der Waals surface area contributed by atoms with Crippen LogP contribution in [0.25, 0.3) is 0 Å². The van der Waals surface area contributed by atoms with Crippen molar-refractivity contribution in [1.29, 1.82) is 0 Å². The van der Waals surface area contributed by atoms with E-state index in [1.54, 1.807) is 12.5 Å². The number of aliphatic hydroxyl groups excluding tert-OH is 1. The molecule has 176 valence electrons. The van der Waals surface area contributed by atoms with Crippen molar-refractivity contribution in [2.75, 3.05) is 0 Å². The van der Waals surface area contributed by atoms with E-state index >= 15 is 0 Å². The number of ketones is 1. The molecule has 0 amide bonds. The van der Waals surface area contributed by atoms with Crippen LogP contribution in [0.15, 0.2) is 11.6 Å². The average Bonchev–Trinajstić information content (AvgIpc) is 3.05. The molecule has 2 nitrogen and oxygen atoms in total. The van der Waals surface area contributed by atoms with Crippen LogP contribution in [0.1, 0.15) is 112 Å². The van der Waals surface area contributed by atoms with Crippen molar-refractivity contribution in [2.45, 2.75) is 118 Å². The van der Waals surface area contributed by atoms with Crippen LogP contribution in [-0.4, -0.2) is 17.0 Å². The van der Waals surface area contributed by atoms with Gasteiger partial charge >= 0.3 is 0 Å². The van der Waals surface area contributed by atoms with Crippen LogP contribution >= 0.6 is 0 Å². The van der Waals surface area contributed by atoms with Crippen molar-refractivity contribution < 1.29 is 9.90 Å². The molecule has 0 aromatic heterocycles. The molecule has 4 rings (SSSR count). The zero-order valence-corrected chi connectivity index (χ0v) is 21.0. The summed E-state index contributed by atoms with van der Waals surface area (Å²) in [5, 5.41) is 10.2. The van der Waals surface area contributed by atoms with Gasteiger partial charge in [-0.2, -0.15) is 0 Å². The van der Waals surface area contributed by atoms with E-state index in [-0.39, 0.29) is 6.10 Å². The first kappa shape index (κ1) is 23.5. The van der Waals surface area contributed by atoms with E-state index in [0.29, 0.717) is 22.5 Å². The zero-order chi connectivity index (χ0) is 22.4. The number of carbonyl (C=O) groups excluding carboxylic acids is 1. The Bertz CT molecular complexity index is 695. The summed E-state index contributed by atoms with van der Waals surface area (Å²) < 4.78 is 0. The standard InChI is InChI=1S/C29H48O2/c1-19(17-21(3)30)7-6-8-20(2)25-11-12-26-24-10-9-22-18-23(31)13-15-28(22,4)27(24)14-16-29(25,26)5/h9,19-20,23-27,31H,6-8,10-18H2,1-5H3/t19?,20?,23-,24-,25+,26-,27-,28-,29+/m0/s1. The fraction of sp³-hybridized carbons (Fsp3) is 0.897. The molecule has 9 atom stereocenters. The summed E-state index contributed by atoms with van der Waals surface area (Å²) in [6, 6.07) is 0. The first-order valence-electron chi connectivity index (χ1n) is 13.5. The van der Waals surface area contributed by atoms with Crippen molar-refractivity contribution in [1.82, 2.24) is 0 Å². The Morgan fingerprint density at radius 2 is 1.87 bits per heavy atom. The number of rotatable bonds is 7. The van der Waals surface area contributed by atoms with Gasteiger partial charge in [0.15, 0.2) is 0 Å². The third-order valence-electron chi connectivity index (χ3n) is 10.8. The van der Waals surface area contributed by atoms with E-state index < -0.39 is 0 Å². The van der Waals surface area contributed by atoms with Gasteiger partial charge in [0.25, 0.3) is 0 Å². The normalized spacial score (nSPS) is 43.9. The molecule has 0 saturated heterocycles. The fourth-order valence-corrected chi connectivity index (χ4v) is 9.20. The van der Waals surface area contributed by atoms with E-state index in [1.807, 2.05) is 0 Å². The molecule has 0 aromatic rings. The lowest BCUT2D eigenvalue weighted by Gasteiger charge is -2.58. The molecule has 3 fully saturated rings. The minimum Gasteiger partial charge on any atom is -0.393 e. The smallest absolute Gasteiger partial charge is 0.130 e. The largest absolute Gasteiger partial charge is 0.393 e. The second-order valence-corrected chi connectivity index (χ2v) is 12.8. The predicted molar refractivity (Wildman–Crippen MR) is 129 cm³/mol. The van der Waals surface area contributed by atoms with Gasteiger partial charge in [0.1, 0.15) is 5.78 Å². The maximum Gasteiger partial charge on any atom is 0.130 e. The summed E-state index contributed by atoms with van der Waals surface area (Å²) in [7, 11) is 0. The third-order valence-corrected chi connectivity index (χ3v) is 10.8. The van der Waals surface area contributed by atoms with Crippen molar-refractivity contribution in [2.24, 2.45) is 46.3 Å². The molecule has 4 aliphatic carbocycles. The highest BCUT2D eigenvalue weighted by molar-refractivity contribution is 5.75. The number of hydrogen-bond acceptors (Lipinski definition) is 2. The van der Waals surface area contributed by atoms with E-state index in [0.717, 1.165) is 48.9 Å². The molecule has 0 aliphatic heterocycles. The number of aliphatic hydroxyl groups is 1. The van der Waals surface area contributed by atoms with E-state index in [9.17, 15) is 9.90 Å². The Morgan fingerprint density at radius 3 is 2.61 bits per heavy atom. The average molecular weight is 429 g/mol. The number of fused-ring (bicyclic) bond motifs is 5. The Morgan fingerprint density at radius 1 is 1.10 bits per heavy atom. The molecule has 0 aromatic carbocycles. The maximum atomic E-state index is 11.4. The second-order valence-electron chi connectivity index (χ2n) is 12.8. The first-order chi connectivity index (χ1) is 14.6. The SMILES string of the molecule is CC(=O)CC(C)CCCC(C)[C@H]1CC[C@H]2[C@@H]3CC=C4C[C@@H](O)CC[C@]4(C)[C@H]3CC[C@]12C. The number of carbonyl (C=O) groups is 1. The second kappa shape index (κ2) is 8.96. The maximum absolute atomic E-state index is 11.4. The lowest BCUT2D eigenvalue weighted by molar-refractivity contribution is -0.117. The topological polar surface area (TPSA) is 37.3 Å². The minimum absolute atomic E-state index is 0.0976. The van der Waals surface area contributed by atoms with Gasteiger partial charge in [-0.05, 0) is 105 Å².